The van der Waals surface area contributed by atoms with Gasteiger partial charge in [0.05, 0.1) is 25.5 Å². The van der Waals surface area contributed by atoms with Crippen LogP contribution in [0.4, 0.5) is 17.6 Å². The van der Waals surface area contributed by atoms with Crippen LogP contribution < -0.4 is 0 Å². The second kappa shape index (κ2) is 9.57. The molecule has 0 aliphatic heterocycles. The van der Waals surface area contributed by atoms with Gasteiger partial charge in [-0.1, -0.05) is 12.1 Å². The van der Waals surface area contributed by atoms with E-state index in [4.69, 9.17) is 0 Å². The maximum absolute atomic E-state index is 13.5. The highest BCUT2D eigenvalue weighted by atomic mass is 19.4. The molecule has 0 fully saturated rings. The topological polar surface area (TPSA) is 81.7 Å². The average Bonchev–Trinajstić information content (AvgIpc) is 3.46. The van der Waals surface area contributed by atoms with Crippen LogP contribution in [0.25, 0.3) is 22.9 Å². The number of rotatable bonds is 7. The number of benzene rings is 1. The molecule has 0 radical (unpaired) electrons. The quantitative estimate of drug-likeness (QED) is 0.225. The molecule has 0 spiro atoms. The Labute approximate surface area is 203 Å². The van der Waals surface area contributed by atoms with E-state index in [1.165, 1.54) is 36.9 Å². The Kier molecular flexibility index (Phi) is 6.68. The van der Waals surface area contributed by atoms with Gasteiger partial charge in [-0.05, 0) is 66.1 Å². The van der Waals surface area contributed by atoms with Crippen LogP contribution in [0.2, 0.25) is 0 Å². The van der Waals surface area contributed by atoms with E-state index in [9.17, 15) is 27.5 Å². The highest BCUT2D eigenvalue weighted by Gasteiger charge is 2.55. The summed E-state index contributed by atoms with van der Waals surface area (Å²) in [6, 6.07) is 11.3. The van der Waals surface area contributed by atoms with E-state index in [0.29, 0.717) is 22.4 Å². The van der Waals surface area contributed by atoms with Gasteiger partial charge in [0.15, 0.2) is 0 Å². The number of aliphatic hydroxyl groups is 1. The number of hydrogen-bond acceptors (Lipinski definition) is 5. The van der Waals surface area contributed by atoms with E-state index in [1.807, 2.05) is 10.5 Å². The molecular weight excluding hydrogens is 480 g/mol. The van der Waals surface area contributed by atoms with Gasteiger partial charge in [0.1, 0.15) is 11.5 Å². The molecule has 11 heteroatoms. The zero-order valence-electron chi connectivity index (χ0n) is 19.3. The van der Waals surface area contributed by atoms with Crippen LogP contribution in [0.1, 0.15) is 30.2 Å². The van der Waals surface area contributed by atoms with Gasteiger partial charge in [0.25, 0.3) is 0 Å². The summed E-state index contributed by atoms with van der Waals surface area (Å²) in [4.78, 5) is 11.6. The Morgan fingerprint density at radius 3 is 2.53 bits per heavy atom. The fourth-order valence-corrected chi connectivity index (χ4v) is 3.89. The van der Waals surface area contributed by atoms with E-state index in [0.717, 1.165) is 11.7 Å². The van der Waals surface area contributed by atoms with Gasteiger partial charge in [0.2, 0.25) is 5.60 Å². The maximum Gasteiger partial charge on any atom is 0.423 e. The molecule has 3 heterocycles. The lowest BCUT2D eigenvalue weighted by molar-refractivity contribution is -0.269. The van der Waals surface area contributed by atoms with E-state index >= 15 is 0 Å². The molecule has 0 saturated heterocycles. The lowest BCUT2D eigenvalue weighted by atomic mass is 9.96. The van der Waals surface area contributed by atoms with Crippen molar-refractivity contribution in [2.45, 2.75) is 31.7 Å². The smallest absolute Gasteiger partial charge is 0.423 e. The van der Waals surface area contributed by atoms with Gasteiger partial charge in [-0.3, -0.25) is 0 Å². The Hall–Kier alpha value is -3.99. The number of alkyl halides is 3. The third-order valence-corrected chi connectivity index (χ3v) is 5.87. The van der Waals surface area contributed by atoms with Gasteiger partial charge >= 0.3 is 12.1 Å². The maximum atomic E-state index is 13.5. The van der Waals surface area contributed by atoms with Crippen molar-refractivity contribution in [1.82, 2.24) is 19.4 Å². The Morgan fingerprint density at radius 1 is 1.17 bits per heavy atom. The van der Waals surface area contributed by atoms with Crippen molar-refractivity contribution < 1.29 is 32.2 Å². The van der Waals surface area contributed by atoms with Gasteiger partial charge < -0.3 is 14.2 Å². The zero-order chi connectivity index (χ0) is 26.1. The largest absolute Gasteiger partial charge is 0.466 e. The molecule has 1 atom stereocenters. The van der Waals surface area contributed by atoms with Crippen molar-refractivity contribution in [3.05, 3.63) is 83.6 Å². The third kappa shape index (κ3) is 4.74. The van der Waals surface area contributed by atoms with Crippen molar-refractivity contribution in [1.29, 1.82) is 0 Å². The van der Waals surface area contributed by atoms with E-state index in [1.54, 1.807) is 36.5 Å². The number of pyridine rings is 1. The van der Waals surface area contributed by atoms with Crippen LogP contribution in [0.15, 0.2) is 60.9 Å². The molecule has 1 unspecified atom stereocenters. The van der Waals surface area contributed by atoms with Crippen LogP contribution in [0.3, 0.4) is 0 Å². The van der Waals surface area contributed by atoms with E-state index in [2.05, 4.69) is 15.0 Å². The molecule has 0 aliphatic carbocycles. The summed E-state index contributed by atoms with van der Waals surface area (Å²) in [5, 5.41) is 17.4. The molecule has 1 aromatic carbocycles. The standard InChI is InChI=1S/C25H22F4N4O3/c1-3-24(35,25(27,28)29)21-15-32(31-30-21)14-16-10-11-33-20(12-16)13-18(6-9-22(34)36-2)23(33)17-4-7-19(26)8-5-17/h4-13,15,35H,3,14H2,1-2H3. The number of esters is 1. The lowest BCUT2D eigenvalue weighted by Crippen LogP contribution is -2.42. The van der Waals surface area contributed by atoms with Crippen molar-refractivity contribution >= 4 is 17.6 Å². The predicted molar refractivity (Wildman–Crippen MR) is 123 cm³/mol. The normalized spacial score (nSPS) is 13.9. The molecule has 4 aromatic rings. The Morgan fingerprint density at radius 2 is 1.89 bits per heavy atom. The first-order valence-corrected chi connectivity index (χ1v) is 10.9. The number of fused-ring (bicyclic) bond motifs is 1. The number of carbonyl (C=O) groups is 1. The second-order valence-electron chi connectivity index (χ2n) is 8.15. The molecule has 0 amide bonds. The molecular formula is C25H22F4N4O3. The molecule has 3 aromatic heterocycles. The summed E-state index contributed by atoms with van der Waals surface area (Å²) in [6.45, 7) is 1.32. The third-order valence-electron chi connectivity index (χ3n) is 5.87. The molecule has 0 bridgehead atoms. The molecule has 0 saturated carbocycles. The van der Waals surface area contributed by atoms with Gasteiger partial charge in [-0.2, -0.15) is 13.2 Å². The predicted octanol–water partition coefficient (Wildman–Crippen LogP) is 4.73. The minimum absolute atomic E-state index is 0.103. The number of nitrogens with zero attached hydrogens (tertiary/aromatic N) is 4. The van der Waals surface area contributed by atoms with Crippen molar-refractivity contribution in [3.63, 3.8) is 0 Å². The SMILES string of the molecule is CCC(O)(c1cn(Cc2ccn3c(-c4ccc(F)cc4)c(C=CC(=O)OC)cc3c2)nn1)C(F)(F)F. The lowest BCUT2D eigenvalue weighted by Gasteiger charge is -2.26. The summed E-state index contributed by atoms with van der Waals surface area (Å²) < 4.78 is 61.3. The molecule has 36 heavy (non-hydrogen) atoms. The van der Waals surface area contributed by atoms with Crippen LogP contribution in [0, 0.1) is 5.82 Å². The first-order chi connectivity index (χ1) is 17.1. The Balaban J connectivity index is 1.71. The molecule has 1 N–H and O–H groups in total. The second-order valence-corrected chi connectivity index (χ2v) is 8.15. The fraction of sp³-hybridized carbons (Fsp3) is 0.240. The van der Waals surface area contributed by atoms with Gasteiger partial charge in [-0.15, -0.1) is 5.10 Å². The minimum atomic E-state index is -4.89. The highest BCUT2D eigenvalue weighted by Crippen LogP contribution is 2.40. The van der Waals surface area contributed by atoms with Crippen molar-refractivity contribution in [2.24, 2.45) is 0 Å². The van der Waals surface area contributed by atoms with Gasteiger partial charge in [-0.25, -0.2) is 13.9 Å². The molecule has 4 rings (SSSR count). The number of ether oxygens (including phenoxy) is 1. The average molecular weight is 502 g/mol. The molecule has 7 nitrogen and oxygen atoms in total. The van der Waals surface area contributed by atoms with Crippen molar-refractivity contribution in [2.75, 3.05) is 7.11 Å². The first-order valence-electron chi connectivity index (χ1n) is 10.9. The summed E-state index contributed by atoms with van der Waals surface area (Å²) in [5.41, 5.74) is -0.143. The van der Waals surface area contributed by atoms with E-state index in [-0.39, 0.29) is 12.4 Å². The number of aromatic nitrogens is 4. The van der Waals surface area contributed by atoms with Crippen molar-refractivity contribution in [3.8, 4) is 11.3 Å². The highest BCUT2D eigenvalue weighted by molar-refractivity contribution is 5.90. The van der Waals surface area contributed by atoms with Crippen LogP contribution in [-0.2, 0) is 21.7 Å². The number of halogens is 4. The fourth-order valence-electron chi connectivity index (χ4n) is 3.89. The van der Waals surface area contributed by atoms with E-state index < -0.39 is 29.9 Å². The monoisotopic (exact) mass is 502 g/mol. The zero-order valence-corrected chi connectivity index (χ0v) is 19.3. The number of hydrogen-bond donors (Lipinski definition) is 1. The first kappa shape index (κ1) is 25.1. The number of methoxy groups -OCH3 is 1. The van der Waals surface area contributed by atoms with Crippen LogP contribution in [-0.4, -0.2) is 43.8 Å². The van der Waals surface area contributed by atoms with Gasteiger partial charge in [0, 0.05) is 23.4 Å². The minimum Gasteiger partial charge on any atom is -0.466 e. The summed E-state index contributed by atoms with van der Waals surface area (Å²) >= 11 is 0. The molecule has 188 valence electrons. The summed E-state index contributed by atoms with van der Waals surface area (Å²) in [7, 11) is 1.27. The summed E-state index contributed by atoms with van der Waals surface area (Å²) in [6.07, 6.45) is 0.207. The van der Waals surface area contributed by atoms with Crippen LogP contribution in [0.5, 0.6) is 0 Å². The number of carbonyl (C=O) groups excluding carboxylic acids is 1. The molecule has 0 aliphatic rings. The van der Waals surface area contributed by atoms with Crippen LogP contribution >= 0.6 is 0 Å². The Bertz CT molecular complexity index is 1420. The summed E-state index contributed by atoms with van der Waals surface area (Å²) in [5.74, 6) is -0.926.